The summed E-state index contributed by atoms with van der Waals surface area (Å²) in [6.07, 6.45) is 8.80. The monoisotopic (exact) mass is 252 g/mol. The van der Waals surface area contributed by atoms with Crippen molar-refractivity contribution in [3.8, 4) is 11.3 Å². The van der Waals surface area contributed by atoms with E-state index in [9.17, 15) is 0 Å². The molecule has 0 bridgehead atoms. The van der Waals surface area contributed by atoms with E-state index in [1.165, 1.54) is 5.57 Å². The molecule has 0 N–H and O–H groups in total. The predicted molar refractivity (Wildman–Crippen MR) is 78.8 cm³/mol. The van der Waals surface area contributed by atoms with E-state index in [0.29, 0.717) is 0 Å². The highest BCUT2D eigenvalue weighted by molar-refractivity contribution is 5.73. The maximum absolute atomic E-state index is 6.05. The fourth-order valence-electron chi connectivity index (χ4n) is 2.30. The van der Waals surface area contributed by atoms with Gasteiger partial charge in [-0.1, -0.05) is 18.2 Å². The van der Waals surface area contributed by atoms with E-state index in [1.54, 1.807) is 0 Å². The summed E-state index contributed by atoms with van der Waals surface area (Å²) in [6.45, 7) is 0. The molecule has 0 radical (unpaired) electrons. The molecule has 0 aromatic carbocycles. The minimum absolute atomic E-state index is 0.934. The van der Waals surface area contributed by atoms with E-state index in [2.05, 4.69) is 53.1 Å². The van der Waals surface area contributed by atoms with Gasteiger partial charge < -0.3 is 4.42 Å². The quantitative estimate of drug-likeness (QED) is 0.712. The molecule has 0 unspecified atom stereocenters. The summed E-state index contributed by atoms with van der Waals surface area (Å²) in [4.78, 5) is 0. The molecule has 2 nitrogen and oxygen atoms in total. The van der Waals surface area contributed by atoms with Crippen LogP contribution in [0.4, 0.5) is 0 Å². The molecule has 1 aliphatic heterocycles. The molecule has 0 saturated heterocycles. The second kappa shape index (κ2) is 4.88. The van der Waals surface area contributed by atoms with Crippen LogP contribution in [0.15, 0.2) is 53.0 Å². The third-order valence-corrected chi connectivity index (χ3v) is 3.43. The molecule has 0 aromatic heterocycles. The molecule has 0 atom stereocenters. The molecule has 0 saturated carbocycles. The summed E-state index contributed by atoms with van der Waals surface area (Å²) in [5.41, 5.74) is 2.32. The van der Waals surface area contributed by atoms with Crippen molar-refractivity contribution in [2.75, 3.05) is 14.1 Å². The first-order chi connectivity index (χ1) is 9.24. The standard InChI is InChI=1S/C17H18NO/c1-18(2)15-10-8-14-9-11-16(19-17(14)12-15)13-6-4-3-5-7-13/h4,6-12H,3,5H2,1-2H3/q+1. The summed E-state index contributed by atoms with van der Waals surface area (Å²) in [5.74, 6) is 1.88. The van der Waals surface area contributed by atoms with Crippen molar-refractivity contribution < 1.29 is 4.42 Å². The van der Waals surface area contributed by atoms with Crippen LogP contribution >= 0.6 is 0 Å². The van der Waals surface area contributed by atoms with Crippen molar-refractivity contribution in [2.24, 2.45) is 0 Å². The van der Waals surface area contributed by atoms with Gasteiger partial charge in [0.15, 0.2) is 0 Å². The second-order valence-corrected chi connectivity index (χ2v) is 5.06. The molecular formula is C17H18NO+. The lowest BCUT2D eigenvalue weighted by molar-refractivity contribution is 0.549. The van der Waals surface area contributed by atoms with Gasteiger partial charge in [-0.05, 0) is 31.0 Å². The maximum Gasteiger partial charge on any atom is 0.203 e. The Hall–Kier alpha value is -2.09. The molecule has 0 amide bonds. The highest BCUT2D eigenvalue weighted by atomic mass is 16.3. The lowest BCUT2D eigenvalue weighted by atomic mass is 10.0. The molecule has 3 rings (SSSR count). The van der Waals surface area contributed by atoms with E-state index >= 15 is 0 Å². The summed E-state index contributed by atoms with van der Waals surface area (Å²) >= 11 is 0. The summed E-state index contributed by atoms with van der Waals surface area (Å²) in [7, 11) is 4.08. The Kier molecular flexibility index (Phi) is 3.08. The van der Waals surface area contributed by atoms with Crippen LogP contribution in [0.5, 0.6) is 0 Å². The van der Waals surface area contributed by atoms with Gasteiger partial charge in [0.1, 0.15) is 25.6 Å². The van der Waals surface area contributed by atoms with E-state index in [4.69, 9.17) is 4.42 Å². The smallest absolute Gasteiger partial charge is 0.203 e. The van der Waals surface area contributed by atoms with Crippen LogP contribution in [-0.4, -0.2) is 14.1 Å². The number of allylic oxidation sites excluding steroid dienone is 4. The molecule has 0 spiro atoms. The number of hydrogen-bond donors (Lipinski definition) is 0. The van der Waals surface area contributed by atoms with Crippen LogP contribution in [0.25, 0.3) is 16.9 Å². The third-order valence-electron chi connectivity index (χ3n) is 3.43. The van der Waals surface area contributed by atoms with E-state index < -0.39 is 0 Å². The number of benzene rings is 1. The van der Waals surface area contributed by atoms with Crippen molar-refractivity contribution in [3.05, 3.63) is 59.7 Å². The molecule has 2 aliphatic carbocycles. The number of fused-ring (bicyclic) bond motifs is 1. The molecular weight excluding hydrogens is 234 g/mol. The van der Waals surface area contributed by atoms with E-state index in [0.717, 1.165) is 35.3 Å². The largest absolute Gasteiger partial charge is 0.456 e. The van der Waals surface area contributed by atoms with Crippen LogP contribution in [0, 0.1) is 0 Å². The van der Waals surface area contributed by atoms with Crippen molar-refractivity contribution in [1.29, 1.82) is 0 Å². The molecule has 1 heterocycles. The lowest BCUT2D eigenvalue weighted by Gasteiger charge is -2.10. The van der Waals surface area contributed by atoms with Crippen molar-refractivity contribution >= 4 is 5.57 Å². The van der Waals surface area contributed by atoms with Crippen molar-refractivity contribution in [2.45, 2.75) is 12.8 Å². The Morgan fingerprint density at radius 1 is 1.00 bits per heavy atom. The van der Waals surface area contributed by atoms with Crippen molar-refractivity contribution in [1.82, 2.24) is 4.58 Å². The average Bonchev–Trinajstić information content (AvgIpc) is 2.47. The number of rotatable bonds is 1. The van der Waals surface area contributed by atoms with Gasteiger partial charge in [-0.15, -0.1) is 0 Å². The first-order valence-corrected chi connectivity index (χ1v) is 6.65. The minimum atomic E-state index is 0.934. The third kappa shape index (κ3) is 2.39. The fraction of sp³-hybridized carbons (Fsp3) is 0.235. The zero-order chi connectivity index (χ0) is 13.2. The van der Waals surface area contributed by atoms with Crippen LogP contribution in [0.2, 0.25) is 0 Å². The van der Waals surface area contributed by atoms with E-state index in [-0.39, 0.29) is 0 Å². The SMILES string of the molecule is C[N+](C)=c1ccc2ccc(C3=CCCC=C3)oc-2c1. The summed E-state index contributed by atoms with van der Waals surface area (Å²) < 4.78 is 8.13. The molecule has 2 heteroatoms. The molecule has 3 aliphatic rings. The van der Waals surface area contributed by atoms with Crippen LogP contribution in [-0.2, 0) is 0 Å². The Labute approximate surface area is 113 Å². The zero-order valence-corrected chi connectivity index (χ0v) is 11.4. The van der Waals surface area contributed by atoms with Crippen molar-refractivity contribution in [3.63, 3.8) is 0 Å². The second-order valence-electron chi connectivity index (χ2n) is 5.06. The topological polar surface area (TPSA) is 16.1 Å². The van der Waals surface area contributed by atoms with Gasteiger partial charge in [-0.3, -0.25) is 0 Å². The first kappa shape index (κ1) is 12.0. The average molecular weight is 252 g/mol. The summed E-state index contributed by atoms with van der Waals surface area (Å²) in [6, 6.07) is 10.5. The molecule has 19 heavy (non-hydrogen) atoms. The number of nitrogens with zero attached hydrogens (tertiary/aromatic N) is 1. The van der Waals surface area contributed by atoms with Gasteiger partial charge in [-0.25, -0.2) is 4.58 Å². The van der Waals surface area contributed by atoms with Crippen LogP contribution < -0.4 is 9.93 Å². The fourth-order valence-corrected chi connectivity index (χ4v) is 2.30. The highest BCUT2D eigenvalue weighted by Gasteiger charge is 2.10. The lowest BCUT2D eigenvalue weighted by Crippen LogP contribution is -2.21. The maximum atomic E-state index is 6.05. The number of hydrogen-bond acceptors (Lipinski definition) is 1. The molecule has 0 fully saturated rings. The minimum Gasteiger partial charge on any atom is -0.456 e. The zero-order valence-electron chi connectivity index (χ0n) is 11.4. The highest BCUT2D eigenvalue weighted by Crippen LogP contribution is 2.27. The predicted octanol–water partition coefficient (Wildman–Crippen LogP) is 3.15. The Morgan fingerprint density at radius 2 is 1.84 bits per heavy atom. The molecule has 96 valence electrons. The van der Waals surface area contributed by atoms with Gasteiger partial charge in [-0.2, -0.15) is 0 Å². The molecule has 0 aromatic rings. The summed E-state index contributed by atoms with van der Waals surface area (Å²) in [5, 5.41) is 1.15. The van der Waals surface area contributed by atoms with Gasteiger partial charge in [0.25, 0.3) is 0 Å². The van der Waals surface area contributed by atoms with Crippen LogP contribution in [0.3, 0.4) is 0 Å². The van der Waals surface area contributed by atoms with Gasteiger partial charge in [0.2, 0.25) is 5.36 Å². The van der Waals surface area contributed by atoms with Gasteiger partial charge >= 0.3 is 0 Å². The van der Waals surface area contributed by atoms with Gasteiger partial charge in [0, 0.05) is 17.2 Å². The van der Waals surface area contributed by atoms with E-state index in [1.807, 2.05) is 14.1 Å². The van der Waals surface area contributed by atoms with Gasteiger partial charge in [0.05, 0.1) is 6.07 Å². The first-order valence-electron chi connectivity index (χ1n) is 6.65. The Balaban J connectivity index is 2.15. The van der Waals surface area contributed by atoms with Crippen LogP contribution in [0.1, 0.15) is 18.6 Å². The normalized spacial score (nSPS) is 14.5. The Bertz CT molecular complexity index is 699. The Morgan fingerprint density at radius 3 is 2.58 bits per heavy atom.